The first-order chi connectivity index (χ1) is 10.2. The number of fused-ring (bicyclic) bond motifs is 1. The summed E-state index contributed by atoms with van der Waals surface area (Å²) >= 11 is 0. The van der Waals surface area contributed by atoms with Gasteiger partial charge in [-0.05, 0) is 29.2 Å². The van der Waals surface area contributed by atoms with Gasteiger partial charge in [-0.25, -0.2) is 4.99 Å². The third kappa shape index (κ3) is 2.72. The van der Waals surface area contributed by atoms with Crippen molar-refractivity contribution in [1.82, 2.24) is 10.0 Å². The average molecular weight is 282 g/mol. The SMILES string of the molecule is CC(C)CN1C=CC=C2N=CC(c3ccc(CN)cc3)N21. The molecule has 1 unspecified atom stereocenters. The van der Waals surface area contributed by atoms with Crippen molar-refractivity contribution in [2.24, 2.45) is 16.6 Å². The molecule has 1 aromatic rings. The number of aliphatic imine (C=N–C) groups is 1. The molecule has 0 radical (unpaired) electrons. The maximum Gasteiger partial charge on any atom is 0.147 e. The summed E-state index contributed by atoms with van der Waals surface area (Å²) in [5, 5.41) is 4.52. The molecule has 1 aromatic carbocycles. The molecule has 2 aliphatic rings. The lowest BCUT2D eigenvalue weighted by atomic mass is 10.1. The Morgan fingerprint density at radius 1 is 1.24 bits per heavy atom. The van der Waals surface area contributed by atoms with Crippen LogP contribution in [0.15, 0.2) is 53.4 Å². The molecule has 0 aliphatic carbocycles. The second-order valence-electron chi connectivity index (χ2n) is 5.90. The first kappa shape index (κ1) is 13.9. The number of hydrazine groups is 1. The van der Waals surface area contributed by atoms with Crippen molar-refractivity contribution in [3.05, 3.63) is 59.6 Å². The minimum atomic E-state index is 0.159. The van der Waals surface area contributed by atoms with E-state index in [-0.39, 0.29) is 6.04 Å². The van der Waals surface area contributed by atoms with E-state index >= 15 is 0 Å². The molecular formula is C17H22N4. The molecule has 2 heterocycles. The van der Waals surface area contributed by atoms with Crippen LogP contribution in [0.2, 0.25) is 0 Å². The van der Waals surface area contributed by atoms with Crippen molar-refractivity contribution in [2.75, 3.05) is 6.54 Å². The van der Waals surface area contributed by atoms with Crippen LogP contribution in [-0.2, 0) is 6.54 Å². The van der Waals surface area contributed by atoms with E-state index in [9.17, 15) is 0 Å². The van der Waals surface area contributed by atoms with Gasteiger partial charge in [-0.2, -0.15) is 0 Å². The van der Waals surface area contributed by atoms with E-state index < -0.39 is 0 Å². The van der Waals surface area contributed by atoms with E-state index in [1.54, 1.807) is 0 Å². The third-order valence-electron chi connectivity index (χ3n) is 3.74. The molecule has 21 heavy (non-hydrogen) atoms. The number of hydrogen-bond donors (Lipinski definition) is 1. The van der Waals surface area contributed by atoms with Crippen molar-refractivity contribution in [1.29, 1.82) is 0 Å². The number of nitrogens with two attached hydrogens (primary N) is 1. The van der Waals surface area contributed by atoms with Gasteiger partial charge < -0.3 is 5.73 Å². The van der Waals surface area contributed by atoms with Crippen LogP contribution in [-0.4, -0.2) is 22.8 Å². The summed E-state index contributed by atoms with van der Waals surface area (Å²) in [5.41, 5.74) is 8.07. The standard InChI is InChI=1S/C17H22N4/c1-13(2)12-20-9-3-4-17-19-11-16(21(17)20)15-7-5-14(10-18)6-8-15/h3-9,11,13,16H,10,12,18H2,1-2H3. The molecule has 2 aliphatic heterocycles. The topological polar surface area (TPSA) is 44.9 Å². The van der Waals surface area contributed by atoms with E-state index in [1.165, 1.54) is 5.56 Å². The molecular weight excluding hydrogens is 260 g/mol. The fourth-order valence-corrected chi connectivity index (χ4v) is 2.72. The van der Waals surface area contributed by atoms with E-state index in [1.807, 2.05) is 6.21 Å². The van der Waals surface area contributed by atoms with Gasteiger partial charge in [0.1, 0.15) is 11.9 Å². The van der Waals surface area contributed by atoms with Crippen LogP contribution in [0.5, 0.6) is 0 Å². The Bertz CT molecular complexity index is 583. The van der Waals surface area contributed by atoms with Crippen LogP contribution in [0, 0.1) is 5.92 Å². The summed E-state index contributed by atoms with van der Waals surface area (Å²) in [4.78, 5) is 4.56. The monoisotopic (exact) mass is 282 g/mol. The van der Waals surface area contributed by atoms with Crippen LogP contribution >= 0.6 is 0 Å². The van der Waals surface area contributed by atoms with Crippen LogP contribution in [0.3, 0.4) is 0 Å². The molecule has 4 nitrogen and oxygen atoms in total. The lowest BCUT2D eigenvalue weighted by Crippen LogP contribution is -2.41. The molecule has 0 spiro atoms. The summed E-state index contributed by atoms with van der Waals surface area (Å²) in [6, 6.07) is 8.64. The highest BCUT2D eigenvalue weighted by Gasteiger charge is 2.31. The molecule has 2 N–H and O–H groups in total. The van der Waals surface area contributed by atoms with Crippen LogP contribution in [0.4, 0.5) is 0 Å². The third-order valence-corrected chi connectivity index (χ3v) is 3.74. The van der Waals surface area contributed by atoms with Gasteiger partial charge in [-0.15, -0.1) is 0 Å². The molecule has 0 saturated heterocycles. The van der Waals surface area contributed by atoms with Gasteiger partial charge in [0.15, 0.2) is 0 Å². The Kier molecular flexibility index (Phi) is 3.80. The Morgan fingerprint density at radius 2 is 2.00 bits per heavy atom. The number of benzene rings is 1. The predicted octanol–water partition coefficient (Wildman–Crippen LogP) is 2.81. The maximum atomic E-state index is 5.67. The van der Waals surface area contributed by atoms with Gasteiger partial charge >= 0.3 is 0 Å². The summed E-state index contributed by atoms with van der Waals surface area (Å²) in [7, 11) is 0. The smallest absolute Gasteiger partial charge is 0.147 e. The minimum Gasteiger partial charge on any atom is -0.326 e. The second kappa shape index (κ2) is 5.74. The van der Waals surface area contributed by atoms with Gasteiger partial charge in [0.25, 0.3) is 0 Å². The number of allylic oxidation sites excluding steroid dienone is 2. The first-order valence-electron chi connectivity index (χ1n) is 7.46. The van der Waals surface area contributed by atoms with E-state index in [2.05, 4.69) is 71.5 Å². The number of rotatable bonds is 4. The highest BCUT2D eigenvalue weighted by Crippen LogP contribution is 2.33. The summed E-state index contributed by atoms with van der Waals surface area (Å²) in [6.07, 6.45) is 8.26. The highest BCUT2D eigenvalue weighted by atomic mass is 15.7. The number of nitrogens with zero attached hydrogens (tertiary/aromatic N) is 3. The molecule has 3 rings (SSSR count). The van der Waals surface area contributed by atoms with Crippen molar-refractivity contribution in [3.8, 4) is 0 Å². The van der Waals surface area contributed by atoms with Crippen molar-refractivity contribution in [2.45, 2.75) is 26.4 Å². The van der Waals surface area contributed by atoms with Gasteiger partial charge in [0.2, 0.25) is 0 Å². The summed E-state index contributed by atoms with van der Waals surface area (Å²) < 4.78 is 0. The molecule has 0 fully saturated rings. The van der Waals surface area contributed by atoms with Gasteiger partial charge in [-0.3, -0.25) is 10.0 Å². The zero-order chi connectivity index (χ0) is 14.8. The molecule has 0 amide bonds. The van der Waals surface area contributed by atoms with E-state index in [0.29, 0.717) is 12.5 Å². The zero-order valence-electron chi connectivity index (χ0n) is 12.6. The quantitative estimate of drug-likeness (QED) is 0.923. The molecule has 0 bridgehead atoms. The minimum absolute atomic E-state index is 0.159. The zero-order valence-corrected chi connectivity index (χ0v) is 12.6. The maximum absolute atomic E-state index is 5.67. The normalized spacial score (nSPS) is 20.2. The highest BCUT2D eigenvalue weighted by molar-refractivity contribution is 5.72. The lowest BCUT2D eigenvalue weighted by molar-refractivity contribution is 0.0343. The predicted molar refractivity (Wildman–Crippen MR) is 86.2 cm³/mol. The van der Waals surface area contributed by atoms with Gasteiger partial charge in [-0.1, -0.05) is 38.1 Å². The first-order valence-corrected chi connectivity index (χ1v) is 7.46. The Hall–Kier alpha value is -2.07. The van der Waals surface area contributed by atoms with Crippen molar-refractivity contribution >= 4 is 6.21 Å². The Labute approximate surface area is 126 Å². The summed E-state index contributed by atoms with van der Waals surface area (Å²) in [6.45, 7) is 6.02. The second-order valence-corrected chi connectivity index (χ2v) is 5.90. The van der Waals surface area contributed by atoms with Gasteiger partial charge in [0.05, 0.1) is 0 Å². The lowest BCUT2D eigenvalue weighted by Gasteiger charge is -2.39. The van der Waals surface area contributed by atoms with E-state index in [0.717, 1.165) is 17.9 Å². The fraction of sp³-hybridized carbons (Fsp3) is 0.353. The molecule has 4 heteroatoms. The van der Waals surface area contributed by atoms with Crippen LogP contribution < -0.4 is 5.73 Å². The molecule has 0 aromatic heterocycles. The van der Waals surface area contributed by atoms with Crippen LogP contribution in [0.1, 0.15) is 31.0 Å². The summed E-state index contributed by atoms with van der Waals surface area (Å²) in [5.74, 6) is 1.60. The molecule has 1 atom stereocenters. The fourth-order valence-electron chi connectivity index (χ4n) is 2.72. The molecule has 0 saturated carbocycles. The van der Waals surface area contributed by atoms with Crippen LogP contribution in [0.25, 0.3) is 0 Å². The average Bonchev–Trinajstić information content (AvgIpc) is 2.92. The Morgan fingerprint density at radius 3 is 2.67 bits per heavy atom. The molecule has 110 valence electrons. The van der Waals surface area contributed by atoms with E-state index in [4.69, 9.17) is 5.73 Å². The largest absolute Gasteiger partial charge is 0.326 e. The van der Waals surface area contributed by atoms with Gasteiger partial charge in [0, 0.05) is 25.5 Å². The Balaban J connectivity index is 1.87. The van der Waals surface area contributed by atoms with Crippen molar-refractivity contribution < 1.29 is 0 Å². The van der Waals surface area contributed by atoms with Crippen molar-refractivity contribution in [3.63, 3.8) is 0 Å². The number of hydrogen-bond acceptors (Lipinski definition) is 4.